The number of carbonyl (C=O) groups is 2. The fraction of sp³-hybridized carbons (Fsp3) is 0.529. The van der Waals surface area contributed by atoms with Crippen LogP contribution in [0.4, 0.5) is 0 Å². The van der Waals surface area contributed by atoms with Crippen molar-refractivity contribution < 1.29 is 14.3 Å². The van der Waals surface area contributed by atoms with Gasteiger partial charge in [-0.3, -0.25) is 15.0 Å². The summed E-state index contributed by atoms with van der Waals surface area (Å²) in [7, 11) is 0. The Morgan fingerprint density at radius 1 is 1.43 bits per heavy atom. The van der Waals surface area contributed by atoms with Crippen LogP contribution in [0.5, 0.6) is 5.75 Å². The number of hydrazine groups is 1. The number of ether oxygens (including phenoxy) is 1. The van der Waals surface area contributed by atoms with E-state index in [0.717, 1.165) is 24.2 Å². The van der Waals surface area contributed by atoms with Crippen LogP contribution in [0.3, 0.4) is 0 Å². The molecule has 6 nitrogen and oxygen atoms in total. The summed E-state index contributed by atoms with van der Waals surface area (Å²) < 4.78 is 5.92. The Morgan fingerprint density at radius 2 is 2.17 bits per heavy atom. The Morgan fingerprint density at radius 3 is 2.83 bits per heavy atom. The van der Waals surface area contributed by atoms with Gasteiger partial charge in [0.2, 0.25) is 5.91 Å². The van der Waals surface area contributed by atoms with Crippen LogP contribution in [0.2, 0.25) is 0 Å². The highest BCUT2D eigenvalue weighted by molar-refractivity contribution is 5.83. The fourth-order valence-electron chi connectivity index (χ4n) is 2.86. The first-order valence-electron chi connectivity index (χ1n) is 8.08. The Bertz CT molecular complexity index is 562. The zero-order valence-electron chi connectivity index (χ0n) is 13.7. The van der Waals surface area contributed by atoms with Crippen LogP contribution in [0.25, 0.3) is 0 Å². The first-order valence-corrected chi connectivity index (χ1v) is 8.08. The molecule has 1 aromatic rings. The number of nitrogens with one attached hydrogen (secondary N) is 1. The minimum Gasteiger partial charge on any atom is -0.480 e. The number of hydrogen-bond acceptors (Lipinski definition) is 4. The molecule has 1 aromatic carbocycles. The maximum atomic E-state index is 12.7. The summed E-state index contributed by atoms with van der Waals surface area (Å²) in [5, 5.41) is 0. The second kappa shape index (κ2) is 7.97. The van der Waals surface area contributed by atoms with E-state index in [1.807, 2.05) is 38.1 Å². The van der Waals surface area contributed by atoms with E-state index in [4.69, 9.17) is 10.6 Å². The van der Waals surface area contributed by atoms with Gasteiger partial charge >= 0.3 is 0 Å². The first kappa shape index (κ1) is 17.3. The van der Waals surface area contributed by atoms with Gasteiger partial charge in [0.25, 0.3) is 5.91 Å². The Balaban J connectivity index is 2.04. The van der Waals surface area contributed by atoms with E-state index in [-0.39, 0.29) is 17.7 Å². The number of likely N-dealkylation sites (tertiary alicyclic amines) is 1. The van der Waals surface area contributed by atoms with Gasteiger partial charge in [0.05, 0.1) is 5.92 Å². The Kier molecular flexibility index (Phi) is 5.98. The summed E-state index contributed by atoms with van der Waals surface area (Å²) >= 11 is 0. The lowest BCUT2D eigenvalue weighted by molar-refractivity contribution is -0.142. The number of nitrogens with zero attached hydrogens (tertiary/aromatic N) is 1. The summed E-state index contributed by atoms with van der Waals surface area (Å²) in [6, 6.07) is 7.65. The van der Waals surface area contributed by atoms with Crippen molar-refractivity contribution >= 4 is 11.8 Å². The van der Waals surface area contributed by atoms with Gasteiger partial charge in [-0.15, -0.1) is 0 Å². The molecule has 2 atom stereocenters. The summed E-state index contributed by atoms with van der Waals surface area (Å²) in [5.41, 5.74) is 3.17. The molecular formula is C17H25N3O3. The van der Waals surface area contributed by atoms with Crippen LogP contribution >= 0.6 is 0 Å². The van der Waals surface area contributed by atoms with Gasteiger partial charge in [0, 0.05) is 13.1 Å². The van der Waals surface area contributed by atoms with Gasteiger partial charge in [-0.2, -0.15) is 0 Å². The SMILES string of the molecule is CCC(Oc1ccccc1C)C(=O)N1CCCC(C(=O)NN)C1. The quantitative estimate of drug-likeness (QED) is 0.488. The number of amides is 2. The van der Waals surface area contributed by atoms with Crippen LogP contribution < -0.4 is 16.0 Å². The van der Waals surface area contributed by atoms with Gasteiger partial charge < -0.3 is 9.64 Å². The van der Waals surface area contributed by atoms with Crippen LogP contribution in [0, 0.1) is 12.8 Å². The van der Waals surface area contributed by atoms with Gasteiger partial charge in [0.15, 0.2) is 6.10 Å². The third-order valence-corrected chi connectivity index (χ3v) is 4.26. The highest BCUT2D eigenvalue weighted by Gasteiger charge is 2.32. The predicted octanol–water partition coefficient (Wildman–Crippen LogP) is 1.38. The summed E-state index contributed by atoms with van der Waals surface area (Å²) in [5.74, 6) is 5.41. The van der Waals surface area contributed by atoms with Gasteiger partial charge in [-0.05, 0) is 37.8 Å². The van der Waals surface area contributed by atoms with E-state index in [1.165, 1.54) is 0 Å². The topological polar surface area (TPSA) is 84.7 Å². The second-order valence-corrected chi connectivity index (χ2v) is 5.91. The predicted molar refractivity (Wildman–Crippen MR) is 87.5 cm³/mol. The number of hydrogen-bond donors (Lipinski definition) is 2. The highest BCUT2D eigenvalue weighted by Crippen LogP contribution is 2.22. The lowest BCUT2D eigenvalue weighted by Crippen LogP contribution is -2.50. The van der Waals surface area contributed by atoms with Crippen molar-refractivity contribution in [2.75, 3.05) is 13.1 Å². The van der Waals surface area contributed by atoms with Crippen LogP contribution in [0.15, 0.2) is 24.3 Å². The van der Waals surface area contributed by atoms with Gasteiger partial charge in [-0.25, -0.2) is 5.84 Å². The molecule has 2 unspecified atom stereocenters. The molecule has 0 saturated carbocycles. The zero-order chi connectivity index (χ0) is 16.8. The molecule has 2 amide bonds. The van der Waals surface area contributed by atoms with Crippen LogP contribution in [-0.2, 0) is 9.59 Å². The molecule has 1 heterocycles. The molecule has 0 aromatic heterocycles. The average Bonchev–Trinajstić information content (AvgIpc) is 2.60. The lowest BCUT2D eigenvalue weighted by atomic mass is 9.97. The average molecular weight is 319 g/mol. The molecule has 23 heavy (non-hydrogen) atoms. The summed E-state index contributed by atoms with van der Waals surface area (Å²) in [4.78, 5) is 26.2. The molecule has 1 fully saturated rings. The third-order valence-electron chi connectivity index (χ3n) is 4.26. The van der Waals surface area contributed by atoms with Crippen molar-refractivity contribution in [2.45, 2.75) is 39.2 Å². The molecule has 0 spiro atoms. The lowest BCUT2D eigenvalue weighted by Gasteiger charge is -2.34. The van der Waals surface area contributed by atoms with E-state index >= 15 is 0 Å². The third kappa shape index (κ3) is 4.22. The molecular weight excluding hydrogens is 294 g/mol. The molecule has 3 N–H and O–H groups in total. The van der Waals surface area contributed by atoms with Crippen molar-refractivity contribution in [1.29, 1.82) is 0 Å². The standard InChI is InChI=1S/C17H25N3O3/c1-3-14(23-15-9-5-4-7-12(15)2)17(22)20-10-6-8-13(11-20)16(21)19-18/h4-5,7,9,13-14H,3,6,8,10-11,18H2,1-2H3,(H,19,21). The molecule has 0 bridgehead atoms. The molecule has 6 heteroatoms. The van der Waals surface area contributed by atoms with Crippen LogP contribution in [0.1, 0.15) is 31.7 Å². The smallest absolute Gasteiger partial charge is 0.263 e. The number of carbonyl (C=O) groups excluding carboxylic acids is 2. The first-order chi connectivity index (χ1) is 11.1. The summed E-state index contributed by atoms with van der Waals surface area (Å²) in [6.07, 6.45) is 1.60. The van der Waals surface area contributed by atoms with Crippen molar-refractivity contribution in [3.05, 3.63) is 29.8 Å². The van der Waals surface area contributed by atoms with Gasteiger partial charge in [-0.1, -0.05) is 25.1 Å². The molecule has 126 valence electrons. The molecule has 0 aliphatic carbocycles. The zero-order valence-corrected chi connectivity index (χ0v) is 13.7. The van der Waals surface area contributed by atoms with Gasteiger partial charge in [0.1, 0.15) is 5.75 Å². The van der Waals surface area contributed by atoms with Crippen molar-refractivity contribution in [2.24, 2.45) is 11.8 Å². The molecule has 0 radical (unpaired) electrons. The molecule has 1 saturated heterocycles. The highest BCUT2D eigenvalue weighted by atomic mass is 16.5. The minimum absolute atomic E-state index is 0.0646. The molecule has 2 rings (SSSR count). The van der Waals surface area contributed by atoms with Crippen molar-refractivity contribution in [3.8, 4) is 5.75 Å². The van der Waals surface area contributed by atoms with E-state index in [1.54, 1.807) is 4.90 Å². The largest absolute Gasteiger partial charge is 0.480 e. The minimum atomic E-state index is -0.532. The Labute approximate surface area is 136 Å². The Hall–Kier alpha value is -2.08. The summed E-state index contributed by atoms with van der Waals surface area (Å²) in [6.45, 7) is 4.93. The van der Waals surface area contributed by atoms with E-state index in [9.17, 15) is 9.59 Å². The number of benzene rings is 1. The van der Waals surface area contributed by atoms with E-state index in [0.29, 0.717) is 19.5 Å². The maximum absolute atomic E-state index is 12.7. The van der Waals surface area contributed by atoms with Crippen LogP contribution in [-0.4, -0.2) is 35.9 Å². The van der Waals surface area contributed by atoms with Crippen molar-refractivity contribution in [1.82, 2.24) is 10.3 Å². The van der Waals surface area contributed by atoms with Crippen molar-refractivity contribution in [3.63, 3.8) is 0 Å². The number of rotatable bonds is 5. The molecule has 1 aliphatic heterocycles. The number of para-hydroxylation sites is 1. The normalized spacial score (nSPS) is 19.1. The monoisotopic (exact) mass is 319 g/mol. The second-order valence-electron chi connectivity index (χ2n) is 5.91. The van der Waals surface area contributed by atoms with E-state index < -0.39 is 6.10 Å². The molecule has 1 aliphatic rings. The maximum Gasteiger partial charge on any atom is 0.263 e. The van der Waals surface area contributed by atoms with E-state index in [2.05, 4.69) is 5.43 Å². The fourth-order valence-corrected chi connectivity index (χ4v) is 2.86. The number of aryl methyl sites for hydroxylation is 1. The number of nitrogens with two attached hydrogens (primary N) is 1. The number of piperidine rings is 1.